The topological polar surface area (TPSA) is 66.4 Å². The molecule has 4 heteroatoms. The number of piperidine rings is 1. The van der Waals surface area contributed by atoms with Crippen molar-refractivity contribution < 1.29 is 14.7 Å². The highest BCUT2D eigenvalue weighted by molar-refractivity contribution is 6.05. The number of nitrogens with one attached hydrogen (secondary N) is 1. The maximum absolute atomic E-state index is 12.1. The molecule has 1 fully saturated rings. The van der Waals surface area contributed by atoms with Gasteiger partial charge in [0, 0.05) is 6.42 Å². The maximum Gasteiger partial charge on any atom is 0.255 e. The van der Waals surface area contributed by atoms with E-state index >= 15 is 0 Å². The number of aliphatic hydroxyl groups is 1. The highest BCUT2D eigenvalue weighted by Crippen LogP contribution is 2.35. The van der Waals surface area contributed by atoms with Crippen LogP contribution in [-0.4, -0.2) is 23.0 Å². The molecule has 1 aliphatic rings. The third-order valence-corrected chi connectivity index (χ3v) is 3.45. The van der Waals surface area contributed by atoms with Gasteiger partial charge in [-0.15, -0.1) is 0 Å². The summed E-state index contributed by atoms with van der Waals surface area (Å²) in [5, 5.41) is 11.9. The molecule has 1 aromatic rings. The fourth-order valence-electron chi connectivity index (χ4n) is 2.35. The Morgan fingerprint density at radius 1 is 1.35 bits per heavy atom. The number of carbonyl (C=O) groups excluding carboxylic acids is 2. The number of hydrogen-bond acceptors (Lipinski definition) is 3. The molecule has 0 radical (unpaired) electrons. The van der Waals surface area contributed by atoms with Crippen LogP contribution in [0, 0.1) is 0 Å². The summed E-state index contributed by atoms with van der Waals surface area (Å²) in [6.45, 7) is 1.88. The molecule has 4 nitrogen and oxygen atoms in total. The minimum absolute atomic E-state index is 0.151. The molecule has 0 aromatic heterocycles. The van der Waals surface area contributed by atoms with Gasteiger partial charge >= 0.3 is 0 Å². The van der Waals surface area contributed by atoms with Crippen LogP contribution < -0.4 is 5.32 Å². The second kappa shape index (κ2) is 4.30. The Kier molecular flexibility index (Phi) is 2.98. The van der Waals surface area contributed by atoms with Crippen molar-refractivity contribution in [2.75, 3.05) is 0 Å². The molecule has 17 heavy (non-hydrogen) atoms. The van der Waals surface area contributed by atoms with Gasteiger partial charge in [-0.3, -0.25) is 14.9 Å². The average molecular weight is 233 g/mol. The molecule has 0 unspecified atom stereocenters. The SMILES string of the molecule is CC[C@@]1(c2ccccc2)C[C@H](O)C(=O)NC1=O. The number of benzene rings is 1. The average Bonchev–Trinajstić information content (AvgIpc) is 2.35. The van der Waals surface area contributed by atoms with E-state index in [1.165, 1.54) is 0 Å². The zero-order chi connectivity index (χ0) is 12.5. The molecule has 2 amide bonds. The van der Waals surface area contributed by atoms with Gasteiger partial charge in [0.25, 0.3) is 5.91 Å². The summed E-state index contributed by atoms with van der Waals surface area (Å²) in [6, 6.07) is 9.28. The first-order valence-corrected chi connectivity index (χ1v) is 5.69. The fraction of sp³-hybridized carbons (Fsp3) is 0.385. The Labute approximate surface area is 99.6 Å². The number of imide groups is 1. The summed E-state index contributed by atoms with van der Waals surface area (Å²) >= 11 is 0. The fourth-order valence-corrected chi connectivity index (χ4v) is 2.35. The van der Waals surface area contributed by atoms with Crippen LogP contribution >= 0.6 is 0 Å². The van der Waals surface area contributed by atoms with Gasteiger partial charge in [-0.1, -0.05) is 37.3 Å². The second-order valence-electron chi connectivity index (χ2n) is 4.34. The Hall–Kier alpha value is -1.68. The zero-order valence-corrected chi connectivity index (χ0v) is 9.64. The lowest BCUT2D eigenvalue weighted by Crippen LogP contribution is -2.57. The highest BCUT2D eigenvalue weighted by Gasteiger charge is 2.46. The van der Waals surface area contributed by atoms with Gasteiger partial charge in [-0.25, -0.2) is 0 Å². The lowest BCUT2D eigenvalue weighted by atomic mass is 9.71. The van der Waals surface area contributed by atoms with Crippen LogP contribution in [0.4, 0.5) is 0 Å². The van der Waals surface area contributed by atoms with Crippen molar-refractivity contribution in [3.05, 3.63) is 35.9 Å². The molecule has 2 N–H and O–H groups in total. The van der Waals surface area contributed by atoms with Gasteiger partial charge in [0.05, 0.1) is 5.41 Å². The van der Waals surface area contributed by atoms with E-state index in [0.717, 1.165) is 5.56 Å². The van der Waals surface area contributed by atoms with E-state index in [4.69, 9.17) is 0 Å². The van der Waals surface area contributed by atoms with E-state index in [2.05, 4.69) is 5.32 Å². The molecular weight excluding hydrogens is 218 g/mol. The first-order valence-electron chi connectivity index (χ1n) is 5.69. The van der Waals surface area contributed by atoms with Crippen molar-refractivity contribution >= 4 is 11.8 Å². The summed E-state index contributed by atoms with van der Waals surface area (Å²) in [7, 11) is 0. The number of rotatable bonds is 2. The first kappa shape index (κ1) is 11.8. The number of carbonyl (C=O) groups is 2. The van der Waals surface area contributed by atoms with E-state index in [1.807, 2.05) is 37.3 Å². The molecule has 0 bridgehead atoms. The summed E-state index contributed by atoms with van der Waals surface area (Å²) < 4.78 is 0. The zero-order valence-electron chi connectivity index (χ0n) is 9.64. The van der Waals surface area contributed by atoms with Crippen LogP contribution in [0.5, 0.6) is 0 Å². The van der Waals surface area contributed by atoms with Gasteiger partial charge in [0.1, 0.15) is 6.10 Å². The maximum atomic E-state index is 12.1. The van der Waals surface area contributed by atoms with E-state index in [9.17, 15) is 14.7 Å². The van der Waals surface area contributed by atoms with E-state index in [-0.39, 0.29) is 12.3 Å². The van der Waals surface area contributed by atoms with E-state index < -0.39 is 17.4 Å². The molecule has 0 aliphatic carbocycles. The second-order valence-corrected chi connectivity index (χ2v) is 4.34. The standard InChI is InChI=1S/C13H15NO3/c1-2-13(9-6-4-3-5-7-9)8-10(15)11(16)14-12(13)17/h3-7,10,15H,2,8H2,1H3,(H,14,16,17)/t10-,13-/m0/s1. The lowest BCUT2D eigenvalue weighted by molar-refractivity contribution is -0.145. The highest BCUT2D eigenvalue weighted by atomic mass is 16.3. The Balaban J connectivity index is 2.44. The minimum Gasteiger partial charge on any atom is -0.383 e. The largest absolute Gasteiger partial charge is 0.383 e. The van der Waals surface area contributed by atoms with Gasteiger partial charge in [0.2, 0.25) is 5.91 Å². The van der Waals surface area contributed by atoms with E-state index in [0.29, 0.717) is 6.42 Å². The lowest BCUT2D eigenvalue weighted by Gasteiger charge is -2.37. The van der Waals surface area contributed by atoms with Crippen molar-refractivity contribution in [3.63, 3.8) is 0 Å². The van der Waals surface area contributed by atoms with Crippen LogP contribution in [-0.2, 0) is 15.0 Å². The predicted molar refractivity (Wildman–Crippen MR) is 62.2 cm³/mol. The monoisotopic (exact) mass is 233 g/mol. The minimum atomic E-state index is -1.12. The van der Waals surface area contributed by atoms with Crippen LogP contribution in [0.3, 0.4) is 0 Å². The summed E-state index contributed by atoms with van der Waals surface area (Å²) in [6.07, 6.45) is -0.418. The van der Waals surface area contributed by atoms with E-state index in [1.54, 1.807) is 0 Å². The smallest absolute Gasteiger partial charge is 0.255 e. The Morgan fingerprint density at radius 2 is 2.00 bits per heavy atom. The van der Waals surface area contributed by atoms with Crippen molar-refractivity contribution in [2.45, 2.75) is 31.3 Å². The van der Waals surface area contributed by atoms with Crippen LogP contribution in [0.15, 0.2) is 30.3 Å². The third-order valence-electron chi connectivity index (χ3n) is 3.45. The molecule has 2 atom stereocenters. The normalized spacial score (nSPS) is 28.9. The van der Waals surface area contributed by atoms with Crippen LogP contribution in [0.25, 0.3) is 0 Å². The summed E-state index contributed by atoms with van der Waals surface area (Å²) in [4.78, 5) is 23.3. The van der Waals surface area contributed by atoms with Crippen molar-refractivity contribution in [1.29, 1.82) is 0 Å². The summed E-state index contributed by atoms with van der Waals surface area (Å²) in [5.41, 5.74) is 0.0424. The number of hydrogen-bond donors (Lipinski definition) is 2. The predicted octanol–water partition coefficient (Wildman–Crippen LogP) is 0.742. The van der Waals surface area contributed by atoms with Crippen LogP contribution in [0.2, 0.25) is 0 Å². The van der Waals surface area contributed by atoms with Crippen molar-refractivity contribution in [3.8, 4) is 0 Å². The van der Waals surface area contributed by atoms with Crippen molar-refractivity contribution in [1.82, 2.24) is 5.32 Å². The molecule has 1 aliphatic heterocycles. The molecular formula is C13H15NO3. The molecule has 90 valence electrons. The number of aliphatic hydroxyl groups excluding tert-OH is 1. The third kappa shape index (κ3) is 1.85. The quantitative estimate of drug-likeness (QED) is 0.740. The molecule has 0 saturated carbocycles. The molecule has 1 heterocycles. The van der Waals surface area contributed by atoms with Gasteiger partial charge in [-0.2, -0.15) is 0 Å². The van der Waals surface area contributed by atoms with Crippen molar-refractivity contribution in [2.24, 2.45) is 0 Å². The van der Waals surface area contributed by atoms with Crippen LogP contribution in [0.1, 0.15) is 25.3 Å². The Morgan fingerprint density at radius 3 is 2.59 bits per heavy atom. The molecule has 2 rings (SSSR count). The number of amides is 2. The molecule has 1 saturated heterocycles. The van der Waals surface area contributed by atoms with Gasteiger partial charge in [0.15, 0.2) is 0 Å². The molecule has 0 spiro atoms. The first-order chi connectivity index (χ1) is 8.10. The summed E-state index contributed by atoms with van der Waals surface area (Å²) in [5.74, 6) is -0.920. The van der Waals surface area contributed by atoms with Gasteiger partial charge < -0.3 is 5.11 Å². The van der Waals surface area contributed by atoms with Gasteiger partial charge in [-0.05, 0) is 12.0 Å². The molecule has 1 aromatic carbocycles. The Bertz CT molecular complexity index is 443.